The molecular formula is C10H16ClN3O2. The van der Waals surface area contributed by atoms with Crippen LogP contribution in [0.2, 0.25) is 5.02 Å². The van der Waals surface area contributed by atoms with E-state index in [1.54, 1.807) is 6.92 Å². The van der Waals surface area contributed by atoms with Crippen LogP contribution in [0.5, 0.6) is 0 Å². The van der Waals surface area contributed by atoms with Crippen molar-refractivity contribution in [1.29, 1.82) is 0 Å². The summed E-state index contributed by atoms with van der Waals surface area (Å²) in [6, 6.07) is 0.0502. The van der Waals surface area contributed by atoms with Crippen molar-refractivity contribution in [3.05, 3.63) is 10.7 Å². The Kier molecular flexibility index (Phi) is 4.18. The van der Waals surface area contributed by atoms with E-state index in [4.69, 9.17) is 22.1 Å². The first-order chi connectivity index (χ1) is 7.52. The van der Waals surface area contributed by atoms with Gasteiger partial charge in [-0.2, -0.15) is 5.10 Å². The number of nitrogen functional groups attached to an aromatic ring is 1. The van der Waals surface area contributed by atoms with E-state index in [9.17, 15) is 4.79 Å². The molecule has 6 heteroatoms. The Labute approximate surface area is 99.5 Å². The molecule has 0 aromatic carbocycles. The van der Waals surface area contributed by atoms with Crippen LogP contribution in [0.1, 0.15) is 43.7 Å². The van der Waals surface area contributed by atoms with Gasteiger partial charge in [-0.3, -0.25) is 4.68 Å². The number of hydrogen-bond acceptors (Lipinski definition) is 4. The van der Waals surface area contributed by atoms with E-state index in [1.165, 1.54) is 4.68 Å². The molecule has 0 fully saturated rings. The van der Waals surface area contributed by atoms with Crippen molar-refractivity contribution in [1.82, 2.24) is 9.78 Å². The molecule has 0 saturated heterocycles. The van der Waals surface area contributed by atoms with Gasteiger partial charge in [0.2, 0.25) is 0 Å². The summed E-state index contributed by atoms with van der Waals surface area (Å²) in [6.45, 7) is 5.96. The molecule has 0 saturated carbocycles. The standard InChI is InChI=1S/C10H16ClN3O2/c1-4-6(3)14-8(10(15)16-5-2)7(11)9(12)13-14/h6H,4-5H2,1-3H3,(H2,12,13). The van der Waals surface area contributed by atoms with Crippen LogP contribution in [0.4, 0.5) is 5.82 Å². The molecule has 1 aromatic rings. The summed E-state index contributed by atoms with van der Waals surface area (Å²) in [4.78, 5) is 11.7. The largest absolute Gasteiger partial charge is 0.461 e. The lowest BCUT2D eigenvalue weighted by Gasteiger charge is -2.12. The van der Waals surface area contributed by atoms with E-state index in [2.05, 4.69) is 5.10 Å². The molecule has 2 N–H and O–H groups in total. The van der Waals surface area contributed by atoms with Crippen LogP contribution >= 0.6 is 11.6 Å². The Morgan fingerprint density at radius 3 is 2.75 bits per heavy atom. The molecule has 0 spiro atoms. The van der Waals surface area contributed by atoms with Crippen LogP contribution in [0.15, 0.2) is 0 Å². The summed E-state index contributed by atoms with van der Waals surface area (Å²) in [6.07, 6.45) is 0.823. The first-order valence-corrected chi connectivity index (χ1v) is 5.61. The molecule has 5 nitrogen and oxygen atoms in total. The number of ether oxygens (including phenoxy) is 1. The highest BCUT2D eigenvalue weighted by Crippen LogP contribution is 2.27. The molecule has 0 amide bonds. The second-order valence-corrected chi connectivity index (χ2v) is 3.85. The van der Waals surface area contributed by atoms with Crippen LogP contribution in [0.25, 0.3) is 0 Å². The van der Waals surface area contributed by atoms with Gasteiger partial charge in [-0.1, -0.05) is 18.5 Å². The molecule has 0 radical (unpaired) electrons. The number of carbonyl (C=O) groups is 1. The Balaban J connectivity index is 3.18. The predicted molar refractivity (Wildman–Crippen MR) is 62.6 cm³/mol. The Hall–Kier alpha value is -1.23. The van der Waals surface area contributed by atoms with Crippen molar-refractivity contribution >= 4 is 23.4 Å². The van der Waals surface area contributed by atoms with Gasteiger partial charge < -0.3 is 10.5 Å². The zero-order valence-electron chi connectivity index (χ0n) is 9.66. The zero-order valence-corrected chi connectivity index (χ0v) is 10.4. The van der Waals surface area contributed by atoms with Gasteiger partial charge in [0.25, 0.3) is 0 Å². The van der Waals surface area contributed by atoms with Crippen LogP contribution in [-0.4, -0.2) is 22.4 Å². The third kappa shape index (κ3) is 2.29. The summed E-state index contributed by atoms with van der Waals surface area (Å²) < 4.78 is 6.44. The predicted octanol–water partition coefficient (Wildman–Crippen LogP) is 2.27. The fraction of sp³-hybridized carbons (Fsp3) is 0.600. The molecule has 0 aliphatic rings. The molecule has 1 heterocycles. The minimum atomic E-state index is -0.489. The van der Waals surface area contributed by atoms with Crippen LogP contribution in [0, 0.1) is 0 Å². The zero-order chi connectivity index (χ0) is 12.3. The normalized spacial score (nSPS) is 12.5. The Morgan fingerprint density at radius 1 is 1.62 bits per heavy atom. The maximum atomic E-state index is 11.7. The minimum absolute atomic E-state index is 0.0502. The van der Waals surface area contributed by atoms with Crippen molar-refractivity contribution in [3.8, 4) is 0 Å². The number of esters is 1. The summed E-state index contributed by atoms with van der Waals surface area (Å²) in [5.41, 5.74) is 5.83. The van der Waals surface area contributed by atoms with Crippen LogP contribution in [-0.2, 0) is 4.74 Å². The second-order valence-electron chi connectivity index (χ2n) is 3.47. The molecule has 16 heavy (non-hydrogen) atoms. The van der Waals surface area contributed by atoms with Gasteiger partial charge in [0.15, 0.2) is 11.5 Å². The molecular weight excluding hydrogens is 230 g/mol. The molecule has 0 bridgehead atoms. The number of hydrogen-bond donors (Lipinski definition) is 1. The molecule has 1 aromatic heterocycles. The van der Waals surface area contributed by atoms with Gasteiger partial charge >= 0.3 is 5.97 Å². The Morgan fingerprint density at radius 2 is 2.25 bits per heavy atom. The highest BCUT2D eigenvalue weighted by Gasteiger charge is 2.24. The smallest absolute Gasteiger partial charge is 0.358 e. The summed E-state index contributed by atoms with van der Waals surface area (Å²) >= 11 is 5.94. The number of anilines is 1. The van der Waals surface area contributed by atoms with E-state index in [0.29, 0.717) is 6.61 Å². The van der Waals surface area contributed by atoms with Gasteiger partial charge in [0.05, 0.1) is 6.61 Å². The Bertz CT molecular complexity index is 390. The van der Waals surface area contributed by atoms with Gasteiger partial charge in [0, 0.05) is 6.04 Å². The molecule has 0 aliphatic carbocycles. The number of rotatable bonds is 4. The van der Waals surface area contributed by atoms with E-state index in [1.807, 2.05) is 13.8 Å². The molecule has 1 atom stereocenters. The highest BCUT2D eigenvalue weighted by molar-refractivity contribution is 6.35. The lowest BCUT2D eigenvalue weighted by molar-refractivity contribution is 0.0509. The van der Waals surface area contributed by atoms with Crippen LogP contribution < -0.4 is 5.73 Å². The molecule has 0 aliphatic heterocycles. The summed E-state index contributed by atoms with van der Waals surface area (Å²) in [5, 5.41) is 4.21. The van der Waals surface area contributed by atoms with Gasteiger partial charge in [0.1, 0.15) is 5.02 Å². The SMILES string of the molecule is CCOC(=O)c1c(Cl)c(N)nn1C(C)CC. The third-order valence-electron chi connectivity index (χ3n) is 2.35. The fourth-order valence-electron chi connectivity index (χ4n) is 1.31. The fourth-order valence-corrected chi connectivity index (χ4v) is 1.51. The van der Waals surface area contributed by atoms with Crippen molar-refractivity contribution in [2.24, 2.45) is 0 Å². The lowest BCUT2D eigenvalue weighted by Crippen LogP contribution is -2.16. The van der Waals surface area contributed by atoms with Crippen LogP contribution in [0.3, 0.4) is 0 Å². The molecule has 1 rings (SSSR count). The minimum Gasteiger partial charge on any atom is -0.461 e. The van der Waals surface area contributed by atoms with Crippen molar-refractivity contribution < 1.29 is 9.53 Å². The van der Waals surface area contributed by atoms with Gasteiger partial charge in [-0.05, 0) is 20.3 Å². The molecule has 90 valence electrons. The summed E-state index contributed by atoms with van der Waals surface area (Å²) in [5.74, 6) is -0.331. The number of aromatic nitrogens is 2. The average molecular weight is 246 g/mol. The number of nitrogens with two attached hydrogens (primary N) is 1. The quantitative estimate of drug-likeness (QED) is 0.826. The van der Waals surface area contributed by atoms with Crippen molar-refractivity contribution in [2.75, 3.05) is 12.3 Å². The van der Waals surface area contributed by atoms with Crippen molar-refractivity contribution in [3.63, 3.8) is 0 Å². The van der Waals surface area contributed by atoms with E-state index in [0.717, 1.165) is 6.42 Å². The average Bonchev–Trinajstić information content (AvgIpc) is 2.55. The van der Waals surface area contributed by atoms with E-state index < -0.39 is 5.97 Å². The maximum absolute atomic E-state index is 11.7. The third-order valence-corrected chi connectivity index (χ3v) is 2.73. The number of nitrogens with zero attached hydrogens (tertiary/aromatic N) is 2. The van der Waals surface area contributed by atoms with E-state index in [-0.39, 0.29) is 22.6 Å². The first kappa shape index (κ1) is 12.8. The number of carbonyl (C=O) groups excluding carboxylic acids is 1. The second kappa shape index (κ2) is 5.21. The lowest BCUT2D eigenvalue weighted by atomic mass is 10.2. The van der Waals surface area contributed by atoms with Crippen molar-refractivity contribution in [2.45, 2.75) is 33.2 Å². The first-order valence-electron chi connectivity index (χ1n) is 5.23. The number of halogens is 1. The maximum Gasteiger partial charge on any atom is 0.358 e. The van der Waals surface area contributed by atoms with Gasteiger partial charge in [-0.15, -0.1) is 0 Å². The highest BCUT2D eigenvalue weighted by atomic mass is 35.5. The van der Waals surface area contributed by atoms with E-state index >= 15 is 0 Å². The van der Waals surface area contributed by atoms with Gasteiger partial charge in [-0.25, -0.2) is 4.79 Å². The topological polar surface area (TPSA) is 70.1 Å². The summed E-state index contributed by atoms with van der Waals surface area (Å²) in [7, 11) is 0. The molecule has 1 unspecified atom stereocenters. The monoisotopic (exact) mass is 245 g/mol.